The third-order valence-corrected chi connectivity index (χ3v) is 6.95. The van der Waals surface area contributed by atoms with Gasteiger partial charge < -0.3 is 4.74 Å². The lowest BCUT2D eigenvalue weighted by Crippen LogP contribution is -2.32. The average Bonchev–Trinajstić information content (AvgIpc) is 3.11. The molecular weight excluding hydrogens is 422 g/mol. The molecule has 0 spiro atoms. The number of nitrogens with one attached hydrogen (secondary N) is 1. The highest BCUT2D eigenvalue weighted by Crippen LogP contribution is 2.35. The van der Waals surface area contributed by atoms with Crippen molar-refractivity contribution in [2.45, 2.75) is 37.8 Å². The lowest BCUT2D eigenvalue weighted by Gasteiger charge is -2.13. The smallest absolute Gasteiger partial charge is 0.413 e. The minimum Gasteiger partial charge on any atom is -0.450 e. The quantitative estimate of drug-likeness (QED) is 0.478. The first-order chi connectivity index (χ1) is 14.6. The molecule has 1 aliphatic carbocycles. The fourth-order valence-corrected chi connectivity index (χ4v) is 5.65. The molecule has 3 aromatic rings. The second-order valence-electron chi connectivity index (χ2n) is 6.82. The maximum absolute atomic E-state index is 13.5. The van der Waals surface area contributed by atoms with E-state index < -0.39 is 12.0 Å². The molecule has 2 amide bonds. The third kappa shape index (κ3) is 4.13. The Morgan fingerprint density at radius 3 is 2.77 bits per heavy atom. The van der Waals surface area contributed by atoms with Crippen LogP contribution >= 0.6 is 23.1 Å². The van der Waals surface area contributed by atoms with E-state index >= 15 is 0 Å². The van der Waals surface area contributed by atoms with Crippen LogP contribution in [0.3, 0.4) is 0 Å². The van der Waals surface area contributed by atoms with Gasteiger partial charge in [-0.2, -0.15) is 0 Å². The van der Waals surface area contributed by atoms with Crippen molar-refractivity contribution in [1.82, 2.24) is 14.9 Å². The Balaban J connectivity index is 1.73. The molecule has 4 rings (SSSR count). The van der Waals surface area contributed by atoms with E-state index in [1.165, 1.54) is 4.88 Å². The summed E-state index contributed by atoms with van der Waals surface area (Å²) in [5.74, 6) is -0.563. The van der Waals surface area contributed by atoms with E-state index in [9.17, 15) is 14.4 Å². The van der Waals surface area contributed by atoms with E-state index in [1.807, 2.05) is 30.3 Å². The van der Waals surface area contributed by atoms with Crippen LogP contribution in [0.4, 0.5) is 4.79 Å². The molecule has 0 saturated carbocycles. The van der Waals surface area contributed by atoms with Crippen LogP contribution in [0.25, 0.3) is 15.9 Å². The molecule has 1 aromatic carbocycles. The van der Waals surface area contributed by atoms with Gasteiger partial charge in [-0.05, 0) is 50.3 Å². The number of imide groups is 1. The molecule has 2 heterocycles. The molecule has 156 valence electrons. The standard InChI is InChI=1S/C21H21N3O4S2/c1-2-28-21(27)22-16(25)12-29-20-23-18-17(14-10-6-7-11-15(14)30-18)19(26)24(20)13-8-4-3-5-9-13/h3-5,8-9H,2,6-7,10-12H2,1H3,(H,22,25,27). The minimum absolute atomic E-state index is 0.0608. The number of carbonyl (C=O) groups is 2. The van der Waals surface area contributed by atoms with Gasteiger partial charge in [-0.3, -0.25) is 19.5 Å². The molecular formula is C21H21N3O4S2. The molecule has 7 nitrogen and oxygen atoms in total. The van der Waals surface area contributed by atoms with Gasteiger partial charge in [0.2, 0.25) is 5.91 Å². The van der Waals surface area contributed by atoms with Gasteiger partial charge in [-0.15, -0.1) is 11.3 Å². The van der Waals surface area contributed by atoms with Crippen LogP contribution in [0, 0.1) is 0 Å². The molecule has 0 bridgehead atoms. The molecule has 0 radical (unpaired) electrons. The summed E-state index contributed by atoms with van der Waals surface area (Å²) < 4.78 is 6.29. The molecule has 0 unspecified atom stereocenters. The molecule has 0 fully saturated rings. The summed E-state index contributed by atoms with van der Waals surface area (Å²) in [7, 11) is 0. The number of aromatic nitrogens is 2. The van der Waals surface area contributed by atoms with Crippen LogP contribution in [0.15, 0.2) is 40.3 Å². The molecule has 9 heteroatoms. The molecule has 0 atom stereocenters. The second kappa shape index (κ2) is 9.01. The number of ether oxygens (including phenoxy) is 1. The number of carbonyl (C=O) groups excluding carboxylic acids is 2. The Morgan fingerprint density at radius 2 is 2.00 bits per heavy atom. The monoisotopic (exact) mass is 443 g/mol. The van der Waals surface area contributed by atoms with Gasteiger partial charge in [0, 0.05) is 4.88 Å². The first-order valence-electron chi connectivity index (χ1n) is 9.80. The van der Waals surface area contributed by atoms with Crippen LogP contribution in [-0.4, -0.2) is 33.9 Å². The summed E-state index contributed by atoms with van der Waals surface area (Å²) in [5, 5.41) is 3.29. The topological polar surface area (TPSA) is 90.3 Å². The van der Waals surface area contributed by atoms with E-state index in [0.717, 1.165) is 43.0 Å². The van der Waals surface area contributed by atoms with Crippen LogP contribution in [0.5, 0.6) is 0 Å². The molecule has 1 aliphatic rings. The van der Waals surface area contributed by atoms with Crippen molar-refractivity contribution in [2.75, 3.05) is 12.4 Å². The van der Waals surface area contributed by atoms with Crippen LogP contribution in [0.1, 0.15) is 30.2 Å². The summed E-state index contributed by atoms with van der Waals surface area (Å²) in [6.07, 6.45) is 3.30. The highest BCUT2D eigenvalue weighted by molar-refractivity contribution is 7.99. The van der Waals surface area contributed by atoms with Gasteiger partial charge in [0.15, 0.2) is 5.16 Å². The maximum Gasteiger partial charge on any atom is 0.413 e. The molecule has 2 aromatic heterocycles. The van der Waals surface area contributed by atoms with Crippen molar-refractivity contribution in [3.8, 4) is 5.69 Å². The number of thiophene rings is 1. The number of para-hydroxylation sites is 1. The summed E-state index contributed by atoms with van der Waals surface area (Å²) in [6.45, 7) is 1.85. The zero-order chi connectivity index (χ0) is 21.1. The minimum atomic E-state index is -0.780. The third-order valence-electron chi connectivity index (χ3n) is 4.82. The largest absolute Gasteiger partial charge is 0.450 e. The highest BCUT2D eigenvalue weighted by atomic mass is 32.2. The first-order valence-corrected chi connectivity index (χ1v) is 11.6. The van der Waals surface area contributed by atoms with E-state index in [0.29, 0.717) is 21.1 Å². The number of hydrogen-bond acceptors (Lipinski definition) is 7. The molecule has 0 saturated heterocycles. The Hall–Kier alpha value is -2.65. The number of thioether (sulfide) groups is 1. The number of aryl methyl sites for hydroxylation is 2. The van der Waals surface area contributed by atoms with E-state index in [-0.39, 0.29) is 17.9 Å². The van der Waals surface area contributed by atoms with Crippen LogP contribution in [-0.2, 0) is 22.4 Å². The van der Waals surface area contributed by atoms with Gasteiger partial charge in [0.1, 0.15) is 4.83 Å². The number of amides is 2. The van der Waals surface area contributed by atoms with Gasteiger partial charge in [-0.1, -0.05) is 30.0 Å². The number of benzene rings is 1. The Bertz CT molecular complexity index is 1150. The predicted octanol–water partition coefficient (Wildman–Crippen LogP) is 3.69. The first kappa shape index (κ1) is 20.6. The summed E-state index contributed by atoms with van der Waals surface area (Å²) >= 11 is 2.69. The van der Waals surface area contributed by atoms with E-state index in [1.54, 1.807) is 22.8 Å². The fraction of sp³-hybridized carbons (Fsp3) is 0.333. The van der Waals surface area contributed by atoms with Crippen molar-refractivity contribution >= 4 is 45.3 Å². The Labute approximate surface area is 181 Å². The van der Waals surface area contributed by atoms with Gasteiger partial charge >= 0.3 is 6.09 Å². The van der Waals surface area contributed by atoms with Gasteiger partial charge in [-0.25, -0.2) is 9.78 Å². The van der Waals surface area contributed by atoms with Gasteiger partial charge in [0.25, 0.3) is 5.56 Å². The molecule has 0 aliphatic heterocycles. The number of alkyl carbamates (subject to hydrolysis) is 1. The number of nitrogens with zero attached hydrogens (tertiary/aromatic N) is 2. The lowest BCUT2D eigenvalue weighted by atomic mass is 9.97. The van der Waals surface area contributed by atoms with E-state index in [2.05, 4.69) is 5.32 Å². The predicted molar refractivity (Wildman–Crippen MR) is 118 cm³/mol. The second-order valence-corrected chi connectivity index (χ2v) is 8.84. The Kier molecular flexibility index (Phi) is 6.19. The maximum atomic E-state index is 13.5. The lowest BCUT2D eigenvalue weighted by molar-refractivity contribution is -0.117. The number of hydrogen-bond donors (Lipinski definition) is 1. The zero-order valence-electron chi connectivity index (χ0n) is 16.5. The SMILES string of the molecule is CCOC(=O)NC(=O)CSc1nc2sc3c(c2c(=O)n1-c1ccccc1)CCCC3. The van der Waals surface area contributed by atoms with Crippen molar-refractivity contribution in [3.05, 3.63) is 51.1 Å². The number of rotatable bonds is 5. The van der Waals surface area contributed by atoms with Crippen molar-refractivity contribution in [1.29, 1.82) is 0 Å². The van der Waals surface area contributed by atoms with Crippen molar-refractivity contribution in [2.24, 2.45) is 0 Å². The number of fused-ring (bicyclic) bond motifs is 3. The van der Waals surface area contributed by atoms with Gasteiger partial charge in [0.05, 0.1) is 23.4 Å². The molecule has 30 heavy (non-hydrogen) atoms. The van der Waals surface area contributed by atoms with Crippen molar-refractivity contribution in [3.63, 3.8) is 0 Å². The highest BCUT2D eigenvalue weighted by Gasteiger charge is 2.23. The summed E-state index contributed by atoms with van der Waals surface area (Å²) in [4.78, 5) is 43.8. The summed E-state index contributed by atoms with van der Waals surface area (Å²) in [5.41, 5.74) is 1.71. The summed E-state index contributed by atoms with van der Waals surface area (Å²) in [6, 6.07) is 9.29. The zero-order valence-corrected chi connectivity index (χ0v) is 18.1. The van der Waals surface area contributed by atoms with Crippen LogP contribution in [0.2, 0.25) is 0 Å². The van der Waals surface area contributed by atoms with E-state index in [4.69, 9.17) is 9.72 Å². The average molecular weight is 444 g/mol. The fourth-order valence-electron chi connectivity index (χ4n) is 3.54. The molecule has 1 N–H and O–H groups in total. The normalized spacial score (nSPS) is 13.1. The Morgan fingerprint density at radius 1 is 1.23 bits per heavy atom. The van der Waals surface area contributed by atoms with Crippen LogP contribution < -0.4 is 10.9 Å². The van der Waals surface area contributed by atoms with Crippen molar-refractivity contribution < 1.29 is 14.3 Å².